The molecule has 0 radical (unpaired) electrons. The van der Waals surface area contributed by atoms with Crippen LogP contribution in [0.25, 0.3) is 0 Å². The number of hydrogen-bond donors (Lipinski definition) is 3. The second kappa shape index (κ2) is 5.30. The lowest BCUT2D eigenvalue weighted by atomic mass is 10.1. The number of carbonyl (C=O) groups is 3. The fourth-order valence-corrected chi connectivity index (χ4v) is 2.24. The molecule has 7 heteroatoms. The third-order valence-corrected chi connectivity index (χ3v) is 3.30. The Labute approximate surface area is 114 Å². The van der Waals surface area contributed by atoms with E-state index in [1.807, 2.05) is 0 Å². The van der Waals surface area contributed by atoms with Crippen LogP contribution < -0.4 is 10.6 Å². The highest BCUT2D eigenvalue weighted by Gasteiger charge is 2.32. The van der Waals surface area contributed by atoms with Crippen LogP contribution in [-0.4, -0.2) is 41.1 Å². The normalized spacial score (nSPS) is 18.4. The monoisotopic (exact) mass is 278 g/mol. The van der Waals surface area contributed by atoms with Crippen molar-refractivity contribution in [3.05, 3.63) is 29.3 Å². The van der Waals surface area contributed by atoms with Crippen molar-refractivity contribution in [3.8, 4) is 0 Å². The first-order valence-electron chi connectivity index (χ1n) is 6.05. The molecule has 0 bridgehead atoms. The maximum atomic E-state index is 11.9. The van der Waals surface area contributed by atoms with Crippen LogP contribution in [0.1, 0.15) is 27.1 Å². The summed E-state index contributed by atoms with van der Waals surface area (Å²) in [6, 6.07) is 3.61. The van der Waals surface area contributed by atoms with Gasteiger partial charge in [-0.15, -0.1) is 0 Å². The van der Waals surface area contributed by atoms with Gasteiger partial charge >= 0.3 is 11.9 Å². The molecule has 1 aromatic rings. The number of nitrogens with zero attached hydrogens (tertiary/aromatic N) is 1. The summed E-state index contributed by atoms with van der Waals surface area (Å²) in [5.41, 5.74) is 5.48. The number of carboxylic acid groups (broad SMARTS) is 2. The Morgan fingerprint density at radius 2 is 2.00 bits per heavy atom. The van der Waals surface area contributed by atoms with Crippen LogP contribution in [0.4, 0.5) is 5.69 Å². The van der Waals surface area contributed by atoms with E-state index in [1.54, 1.807) is 0 Å². The van der Waals surface area contributed by atoms with Gasteiger partial charge < -0.3 is 20.8 Å². The zero-order valence-corrected chi connectivity index (χ0v) is 10.6. The number of rotatable bonds is 4. The van der Waals surface area contributed by atoms with Crippen LogP contribution in [0, 0.1) is 5.92 Å². The summed E-state index contributed by atoms with van der Waals surface area (Å²) in [6.07, 6.45) is 0.243. The van der Waals surface area contributed by atoms with Crippen LogP contribution in [-0.2, 0) is 4.79 Å². The number of benzene rings is 1. The second-order valence-electron chi connectivity index (χ2n) is 4.65. The summed E-state index contributed by atoms with van der Waals surface area (Å²) in [5.74, 6) is -2.67. The molecule has 1 aliphatic rings. The SMILES string of the molecule is NCC1CC(=O)N(c2cc(C(=O)O)ccc2C(=O)O)C1. The van der Waals surface area contributed by atoms with Gasteiger partial charge in [0.15, 0.2) is 0 Å². The van der Waals surface area contributed by atoms with Crippen molar-refractivity contribution < 1.29 is 24.6 Å². The van der Waals surface area contributed by atoms with Crippen molar-refractivity contribution >= 4 is 23.5 Å². The maximum absolute atomic E-state index is 11.9. The number of anilines is 1. The van der Waals surface area contributed by atoms with E-state index in [0.29, 0.717) is 13.1 Å². The Balaban J connectivity index is 2.47. The molecule has 4 N–H and O–H groups in total. The molecule has 0 saturated carbocycles. The molecular formula is C13H14N2O5. The quantitative estimate of drug-likeness (QED) is 0.732. The number of nitrogens with two attached hydrogens (primary N) is 1. The standard InChI is InChI=1S/C13H14N2O5/c14-5-7-3-11(16)15(6-7)10-4-8(12(17)18)1-2-9(10)13(19)20/h1-2,4,7H,3,5-6,14H2,(H,17,18)(H,19,20). The van der Waals surface area contributed by atoms with Crippen LogP contribution in [0.15, 0.2) is 18.2 Å². The highest BCUT2D eigenvalue weighted by Crippen LogP contribution is 2.29. The Kier molecular flexibility index (Phi) is 3.71. The Morgan fingerprint density at radius 3 is 2.50 bits per heavy atom. The number of amides is 1. The van der Waals surface area contributed by atoms with Gasteiger partial charge in [-0.05, 0) is 30.7 Å². The molecule has 0 aromatic heterocycles. The molecule has 1 unspecified atom stereocenters. The Bertz CT molecular complexity index is 584. The van der Waals surface area contributed by atoms with E-state index < -0.39 is 11.9 Å². The summed E-state index contributed by atoms with van der Waals surface area (Å²) in [7, 11) is 0. The average molecular weight is 278 g/mol. The topological polar surface area (TPSA) is 121 Å². The summed E-state index contributed by atoms with van der Waals surface area (Å²) in [5, 5.41) is 18.1. The molecule has 0 aliphatic carbocycles. The van der Waals surface area contributed by atoms with E-state index in [-0.39, 0.29) is 35.1 Å². The molecule has 1 fully saturated rings. The molecule has 1 amide bonds. The fourth-order valence-electron chi connectivity index (χ4n) is 2.24. The third-order valence-electron chi connectivity index (χ3n) is 3.30. The molecular weight excluding hydrogens is 264 g/mol. The van der Waals surface area contributed by atoms with Crippen molar-refractivity contribution in [3.63, 3.8) is 0 Å². The van der Waals surface area contributed by atoms with Crippen molar-refractivity contribution in [1.29, 1.82) is 0 Å². The molecule has 1 aromatic carbocycles. The highest BCUT2D eigenvalue weighted by molar-refractivity contribution is 6.04. The lowest BCUT2D eigenvalue weighted by molar-refractivity contribution is -0.117. The van der Waals surface area contributed by atoms with Gasteiger partial charge in [0.2, 0.25) is 5.91 Å². The van der Waals surface area contributed by atoms with Gasteiger partial charge in [-0.3, -0.25) is 4.79 Å². The predicted molar refractivity (Wildman–Crippen MR) is 69.9 cm³/mol. The highest BCUT2D eigenvalue weighted by atomic mass is 16.4. The van der Waals surface area contributed by atoms with Crippen LogP contribution in [0.3, 0.4) is 0 Å². The lowest BCUT2D eigenvalue weighted by Gasteiger charge is -2.19. The van der Waals surface area contributed by atoms with E-state index in [4.69, 9.17) is 15.9 Å². The smallest absolute Gasteiger partial charge is 0.337 e. The largest absolute Gasteiger partial charge is 0.478 e. The zero-order valence-electron chi connectivity index (χ0n) is 10.6. The van der Waals surface area contributed by atoms with Crippen LogP contribution in [0.5, 0.6) is 0 Å². The predicted octanol–water partition coefficient (Wildman–Crippen LogP) is 0.395. The Morgan fingerprint density at radius 1 is 1.30 bits per heavy atom. The van der Waals surface area contributed by atoms with Gasteiger partial charge in [-0.2, -0.15) is 0 Å². The molecule has 0 spiro atoms. The van der Waals surface area contributed by atoms with E-state index in [1.165, 1.54) is 23.1 Å². The minimum absolute atomic E-state index is 0.0439. The fraction of sp³-hybridized carbons (Fsp3) is 0.308. The number of aromatic carboxylic acids is 2. The summed E-state index contributed by atoms with van der Waals surface area (Å²) in [6.45, 7) is 0.627. The molecule has 1 heterocycles. The van der Waals surface area contributed by atoms with Gasteiger partial charge in [0.05, 0.1) is 16.8 Å². The first-order chi connectivity index (χ1) is 9.43. The number of carboxylic acids is 2. The number of carbonyl (C=O) groups excluding carboxylic acids is 1. The molecule has 2 rings (SSSR count). The molecule has 1 atom stereocenters. The van der Waals surface area contributed by atoms with E-state index in [9.17, 15) is 14.4 Å². The van der Waals surface area contributed by atoms with Gasteiger partial charge in [0, 0.05) is 13.0 Å². The Hall–Kier alpha value is -2.41. The first kappa shape index (κ1) is 14.0. The van der Waals surface area contributed by atoms with Gasteiger partial charge in [0.25, 0.3) is 0 Å². The van der Waals surface area contributed by atoms with Crippen LogP contribution >= 0.6 is 0 Å². The first-order valence-corrected chi connectivity index (χ1v) is 6.05. The summed E-state index contributed by atoms with van der Waals surface area (Å²) < 4.78 is 0. The van der Waals surface area contributed by atoms with Crippen molar-refractivity contribution in [2.45, 2.75) is 6.42 Å². The van der Waals surface area contributed by atoms with Gasteiger partial charge in [0.1, 0.15) is 0 Å². The molecule has 1 aliphatic heterocycles. The van der Waals surface area contributed by atoms with Crippen molar-refractivity contribution in [2.75, 3.05) is 18.0 Å². The van der Waals surface area contributed by atoms with E-state index in [0.717, 1.165) is 0 Å². The average Bonchev–Trinajstić information content (AvgIpc) is 2.79. The molecule has 20 heavy (non-hydrogen) atoms. The van der Waals surface area contributed by atoms with Crippen LogP contribution in [0.2, 0.25) is 0 Å². The van der Waals surface area contributed by atoms with Crippen molar-refractivity contribution in [2.24, 2.45) is 11.7 Å². The molecule has 106 valence electrons. The zero-order chi connectivity index (χ0) is 14.9. The lowest BCUT2D eigenvalue weighted by Crippen LogP contribution is -2.27. The number of hydrogen-bond acceptors (Lipinski definition) is 4. The minimum atomic E-state index is -1.21. The summed E-state index contributed by atoms with van der Waals surface area (Å²) in [4.78, 5) is 35.4. The maximum Gasteiger partial charge on any atom is 0.337 e. The third kappa shape index (κ3) is 2.48. The summed E-state index contributed by atoms with van der Waals surface area (Å²) >= 11 is 0. The van der Waals surface area contributed by atoms with E-state index in [2.05, 4.69) is 0 Å². The molecule has 1 saturated heterocycles. The minimum Gasteiger partial charge on any atom is -0.478 e. The van der Waals surface area contributed by atoms with Gasteiger partial charge in [-0.1, -0.05) is 0 Å². The van der Waals surface area contributed by atoms with E-state index >= 15 is 0 Å². The molecule has 7 nitrogen and oxygen atoms in total. The van der Waals surface area contributed by atoms with Crippen molar-refractivity contribution in [1.82, 2.24) is 0 Å². The second-order valence-corrected chi connectivity index (χ2v) is 4.65. The van der Waals surface area contributed by atoms with Gasteiger partial charge in [-0.25, -0.2) is 9.59 Å².